The summed E-state index contributed by atoms with van der Waals surface area (Å²) < 4.78 is 14.6. The van der Waals surface area contributed by atoms with Gasteiger partial charge in [0.25, 0.3) is 11.6 Å². The lowest BCUT2D eigenvalue weighted by Crippen LogP contribution is -2.13. The van der Waals surface area contributed by atoms with Crippen LogP contribution in [0, 0.1) is 22.9 Å². The topological polar surface area (TPSA) is 90.1 Å². The Hall–Kier alpha value is -3.55. The van der Waals surface area contributed by atoms with Crippen LogP contribution in [0.2, 0.25) is 0 Å². The number of hydrogen-bond donors (Lipinski definition) is 1. The maximum absolute atomic E-state index is 13.1. The number of aromatic nitrogens is 2. The van der Waals surface area contributed by atoms with E-state index in [0.717, 1.165) is 0 Å². The van der Waals surface area contributed by atoms with Crippen LogP contribution < -0.4 is 5.32 Å². The van der Waals surface area contributed by atoms with E-state index in [1.54, 1.807) is 13.1 Å². The summed E-state index contributed by atoms with van der Waals surface area (Å²) in [6.45, 7) is 1.66. The Morgan fingerprint density at radius 3 is 2.72 bits per heavy atom. The smallest absolute Gasteiger partial charge is 0.294 e. The van der Waals surface area contributed by atoms with Crippen molar-refractivity contribution in [3.05, 3.63) is 82.2 Å². The molecule has 8 heteroatoms. The van der Waals surface area contributed by atoms with Crippen molar-refractivity contribution in [1.29, 1.82) is 0 Å². The molecular formula is C17H13FN4O3. The van der Waals surface area contributed by atoms with Gasteiger partial charge in [-0.2, -0.15) is 0 Å². The number of aryl methyl sites for hydroxylation is 1. The number of nitrogens with one attached hydrogen (secondary N) is 1. The maximum Gasteiger partial charge on any atom is 0.294 e. The quantitative estimate of drug-likeness (QED) is 0.581. The zero-order valence-electron chi connectivity index (χ0n) is 13.1. The number of carbonyl (C=O) groups excluding carboxylic acids is 1. The first-order valence-electron chi connectivity index (χ1n) is 7.30. The van der Waals surface area contributed by atoms with Crippen LogP contribution >= 0.6 is 0 Å². The molecule has 1 amide bonds. The minimum absolute atomic E-state index is 0.124. The van der Waals surface area contributed by atoms with Crippen molar-refractivity contribution in [3.8, 4) is 5.69 Å². The van der Waals surface area contributed by atoms with Gasteiger partial charge in [0, 0.05) is 29.7 Å². The maximum atomic E-state index is 13.1. The number of rotatable bonds is 4. The van der Waals surface area contributed by atoms with E-state index in [-0.39, 0.29) is 11.3 Å². The number of amides is 1. The van der Waals surface area contributed by atoms with Crippen molar-refractivity contribution < 1.29 is 14.1 Å². The predicted molar refractivity (Wildman–Crippen MR) is 89.3 cm³/mol. The summed E-state index contributed by atoms with van der Waals surface area (Å²) >= 11 is 0. The van der Waals surface area contributed by atoms with Crippen molar-refractivity contribution in [2.45, 2.75) is 6.92 Å². The molecule has 0 aliphatic heterocycles. The first-order valence-corrected chi connectivity index (χ1v) is 7.30. The van der Waals surface area contributed by atoms with Crippen LogP contribution in [-0.2, 0) is 0 Å². The first kappa shape index (κ1) is 16.3. The van der Waals surface area contributed by atoms with Crippen LogP contribution in [0.3, 0.4) is 0 Å². The average Bonchev–Trinajstić information content (AvgIpc) is 3.11. The zero-order valence-corrected chi connectivity index (χ0v) is 13.1. The second-order valence-electron chi connectivity index (χ2n) is 5.34. The number of halogens is 1. The standard InChI is InChI=1S/C17H13FN4O3/c1-11-8-13(18)3-4-14(11)20-17(23)12-2-5-15(16(9-12)22(24)25)21-7-6-19-10-21/h2-10H,1H3,(H,20,23). The highest BCUT2D eigenvalue weighted by Crippen LogP contribution is 2.25. The van der Waals surface area contributed by atoms with E-state index in [9.17, 15) is 19.3 Å². The van der Waals surface area contributed by atoms with Gasteiger partial charge in [-0.25, -0.2) is 9.37 Å². The fourth-order valence-electron chi connectivity index (χ4n) is 2.39. The molecular weight excluding hydrogens is 327 g/mol. The van der Waals surface area contributed by atoms with Crippen molar-refractivity contribution in [2.75, 3.05) is 5.32 Å². The Bertz CT molecular complexity index is 955. The molecule has 0 spiro atoms. The molecule has 3 rings (SSSR count). The lowest BCUT2D eigenvalue weighted by molar-refractivity contribution is -0.384. The van der Waals surface area contributed by atoms with Gasteiger partial charge >= 0.3 is 0 Å². The molecule has 0 fully saturated rings. The van der Waals surface area contributed by atoms with Gasteiger partial charge in [0.2, 0.25) is 0 Å². The van der Waals surface area contributed by atoms with Crippen LogP contribution in [0.4, 0.5) is 15.8 Å². The summed E-state index contributed by atoms with van der Waals surface area (Å²) in [7, 11) is 0. The largest absolute Gasteiger partial charge is 0.322 e. The molecule has 0 bridgehead atoms. The van der Waals surface area contributed by atoms with Gasteiger partial charge in [0.1, 0.15) is 11.5 Å². The number of imidazole rings is 1. The second-order valence-corrected chi connectivity index (χ2v) is 5.34. The molecule has 3 aromatic rings. The number of nitro groups is 1. The van der Waals surface area contributed by atoms with Crippen LogP contribution in [0.5, 0.6) is 0 Å². The normalized spacial score (nSPS) is 10.5. The van der Waals surface area contributed by atoms with Gasteiger partial charge in [0.05, 0.1) is 11.3 Å². The van der Waals surface area contributed by atoms with Gasteiger partial charge < -0.3 is 9.88 Å². The molecule has 1 heterocycles. The molecule has 0 saturated carbocycles. The Morgan fingerprint density at radius 1 is 1.28 bits per heavy atom. The Balaban J connectivity index is 1.93. The fourth-order valence-corrected chi connectivity index (χ4v) is 2.39. The molecule has 0 radical (unpaired) electrons. The highest BCUT2D eigenvalue weighted by Gasteiger charge is 2.19. The van der Waals surface area contributed by atoms with Gasteiger partial charge in [-0.15, -0.1) is 0 Å². The Kier molecular flexibility index (Phi) is 4.25. The average molecular weight is 340 g/mol. The summed E-state index contributed by atoms with van der Waals surface area (Å²) in [6.07, 6.45) is 4.51. The molecule has 1 aromatic heterocycles. The Morgan fingerprint density at radius 2 is 2.08 bits per heavy atom. The third kappa shape index (κ3) is 3.37. The third-order valence-corrected chi connectivity index (χ3v) is 3.65. The summed E-state index contributed by atoms with van der Waals surface area (Å²) in [5.74, 6) is -0.925. The van der Waals surface area contributed by atoms with Crippen molar-refractivity contribution >= 4 is 17.3 Å². The van der Waals surface area contributed by atoms with E-state index >= 15 is 0 Å². The van der Waals surface area contributed by atoms with E-state index in [2.05, 4.69) is 10.3 Å². The number of benzene rings is 2. The summed E-state index contributed by atoms with van der Waals surface area (Å²) in [4.78, 5) is 27.0. The van der Waals surface area contributed by atoms with Gasteiger partial charge in [-0.3, -0.25) is 14.9 Å². The highest BCUT2D eigenvalue weighted by atomic mass is 19.1. The van der Waals surface area contributed by atoms with Crippen LogP contribution in [0.1, 0.15) is 15.9 Å². The molecule has 126 valence electrons. The monoisotopic (exact) mass is 340 g/mol. The van der Waals surface area contributed by atoms with Crippen molar-refractivity contribution in [2.24, 2.45) is 0 Å². The number of nitrogens with zero attached hydrogens (tertiary/aromatic N) is 3. The van der Waals surface area contributed by atoms with E-state index in [4.69, 9.17) is 0 Å². The molecule has 0 saturated heterocycles. The second kappa shape index (κ2) is 6.52. The summed E-state index contributed by atoms with van der Waals surface area (Å²) in [6, 6.07) is 8.12. The predicted octanol–water partition coefficient (Wildman–Crippen LogP) is 3.48. The Labute approximate surface area is 141 Å². The number of hydrogen-bond acceptors (Lipinski definition) is 4. The summed E-state index contributed by atoms with van der Waals surface area (Å²) in [5, 5.41) is 14.0. The summed E-state index contributed by atoms with van der Waals surface area (Å²) in [5.41, 5.74) is 1.20. The zero-order chi connectivity index (χ0) is 18.0. The minimum Gasteiger partial charge on any atom is -0.322 e. The number of carbonyl (C=O) groups is 1. The number of nitro benzene ring substituents is 1. The van der Waals surface area contributed by atoms with Gasteiger partial charge in [-0.1, -0.05) is 0 Å². The molecule has 7 nitrogen and oxygen atoms in total. The molecule has 25 heavy (non-hydrogen) atoms. The van der Waals surface area contributed by atoms with Crippen molar-refractivity contribution in [1.82, 2.24) is 9.55 Å². The molecule has 0 unspecified atom stereocenters. The lowest BCUT2D eigenvalue weighted by atomic mass is 10.1. The molecule has 0 aliphatic carbocycles. The van der Waals surface area contributed by atoms with E-state index in [0.29, 0.717) is 16.9 Å². The van der Waals surface area contributed by atoms with Crippen LogP contribution in [-0.4, -0.2) is 20.4 Å². The molecule has 2 aromatic carbocycles. The number of anilines is 1. The third-order valence-electron chi connectivity index (χ3n) is 3.65. The lowest BCUT2D eigenvalue weighted by Gasteiger charge is -2.10. The van der Waals surface area contributed by atoms with E-state index in [1.165, 1.54) is 53.5 Å². The van der Waals surface area contributed by atoms with E-state index in [1.807, 2.05) is 0 Å². The highest BCUT2D eigenvalue weighted by molar-refractivity contribution is 6.05. The van der Waals surface area contributed by atoms with Crippen LogP contribution in [0.15, 0.2) is 55.1 Å². The van der Waals surface area contributed by atoms with E-state index < -0.39 is 16.6 Å². The van der Waals surface area contributed by atoms with Gasteiger partial charge in [-0.05, 0) is 42.8 Å². The minimum atomic E-state index is -0.560. The molecule has 0 aliphatic rings. The SMILES string of the molecule is Cc1cc(F)ccc1NC(=O)c1ccc(-n2ccnc2)c([N+](=O)[O-])c1. The first-order chi connectivity index (χ1) is 12.0. The van der Waals surface area contributed by atoms with Crippen LogP contribution in [0.25, 0.3) is 5.69 Å². The fraction of sp³-hybridized carbons (Fsp3) is 0.0588. The molecule has 0 atom stereocenters. The molecule has 1 N–H and O–H groups in total. The van der Waals surface area contributed by atoms with Crippen molar-refractivity contribution in [3.63, 3.8) is 0 Å². The van der Waals surface area contributed by atoms with Gasteiger partial charge in [0.15, 0.2) is 0 Å².